The van der Waals surface area contributed by atoms with Gasteiger partial charge in [-0.1, -0.05) is 25.5 Å². The van der Waals surface area contributed by atoms with Crippen LogP contribution in [-0.4, -0.2) is 65.5 Å². The summed E-state index contributed by atoms with van der Waals surface area (Å²) in [5, 5.41) is 15.2. The number of nitrogens with zero attached hydrogens (tertiary/aromatic N) is 2. The Bertz CT molecular complexity index is 654. The van der Waals surface area contributed by atoms with Crippen LogP contribution in [0.5, 0.6) is 0 Å². The van der Waals surface area contributed by atoms with Gasteiger partial charge in [-0.05, 0) is 24.1 Å². The van der Waals surface area contributed by atoms with Crippen LogP contribution in [0.3, 0.4) is 0 Å². The molecule has 2 rings (SSSR count). The number of hydrogen-bond donors (Lipinski definition) is 3. The SMILES string of the molecule is CCCCNC(=O)Nc1ccc([C@H](C(=O)O)N2CCN(C(C)=O)CC2)cc1. The van der Waals surface area contributed by atoms with Crippen molar-refractivity contribution in [2.45, 2.75) is 32.7 Å². The van der Waals surface area contributed by atoms with E-state index in [4.69, 9.17) is 0 Å². The maximum Gasteiger partial charge on any atom is 0.325 e. The molecule has 1 fully saturated rings. The fourth-order valence-corrected chi connectivity index (χ4v) is 3.11. The summed E-state index contributed by atoms with van der Waals surface area (Å²) in [5.74, 6) is -0.918. The quantitative estimate of drug-likeness (QED) is 0.631. The Hall–Kier alpha value is -2.61. The monoisotopic (exact) mass is 376 g/mol. The van der Waals surface area contributed by atoms with Gasteiger partial charge >= 0.3 is 12.0 Å². The van der Waals surface area contributed by atoms with Crippen molar-refractivity contribution in [3.8, 4) is 0 Å². The van der Waals surface area contributed by atoms with Crippen molar-refractivity contribution in [2.75, 3.05) is 38.0 Å². The van der Waals surface area contributed by atoms with Gasteiger partial charge in [-0.25, -0.2) is 4.79 Å². The largest absolute Gasteiger partial charge is 0.480 e. The lowest BCUT2D eigenvalue weighted by Crippen LogP contribution is -2.50. The molecule has 0 aliphatic carbocycles. The van der Waals surface area contributed by atoms with Crippen molar-refractivity contribution >= 4 is 23.6 Å². The lowest BCUT2D eigenvalue weighted by Gasteiger charge is -2.37. The van der Waals surface area contributed by atoms with Gasteiger partial charge in [-0.15, -0.1) is 0 Å². The summed E-state index contributed by atoms with van der Waals surface area (Å²) < 4.78 is 0. The molecule has 0 unspecified atom stereocenters. The highest BCUT2D eigenvalue weighted by Crippen LogP contribution is 2.24. The molecule has 1 aliphatic rings. The predicted molar refractivity (Wildman–Crippen MR) is 103 cm³/mol. The van der Waals surface area contributed by atoms with Crippen LogP contribution >= 0.6 is 0 Å². The molecule has 8 nitrogen and oxygen atoms in total. The first-order valence-electron chi connectivity index (χ1n) is 9.29. The van der Waals surface area contributed by atoms with Crippen molar-refractivity contribution in [1.82, 2.24) is 15.1 Å². The molecule has 148 valence electrons. The molecule has 1 aromatic rings. The minimum absolute atomic E-state index is 0.00849. The van der Waals surface area contributed by atoms with Crippen LogP contribution in [0, 0.1) is 0 Å². The zero-order valence-corrected chi connectivity index (χ0v) is 15.9. The van der Waals surface area contributed by atoms with Crippen LogP contribution in [0.4, 0.5) is 10.5 Å². The van der Waals surface area contributed by atoms with Gasteiger partial charge in [0.1, 0.15) is 6.04 Å². The molecule has 0 spiro atoms. The number of carbonyl (C=O) groups is 3. The molecule has 8 heteroatoms. The Kier molecular flexibility index (Phi) is 7.60. The zero-order valence-electron chi connectivity index (χ0n) is 15.9. The summed E-state index contributed by atoms with van der Waals surface area (Å²) in [7, 11) is 0. The summed E-state index contributed by atoms with van der Waals surface area (Å²) >= 11 is 0. The van der Waals surface area contributed by atoms with Gasteiger partial charge in [0.05, 0.1) is 0 Å². The van der Waals surface area contributed by atoms with Crippen molar-refractivity contribution in [2.24, 2.45) is 0 Å². The summed E-state index contributed by atoms with van der Waals surface area (Å²) in [6, 6.07) is 5.81. The van der Waals surface area contributed by atoms with Gasteiger partial charge in [0.2, 0.25) is 5.91 Å². The maximum atomic E-state index is 11.8. The fraction of sp³-hybridized carbons (Fsp3) is 0.526. The number of piperazine rings is 1. The molecular formula is C19H28N4O4. The van der Waals surface area contributed by atoms with E-state index in [1.807, 2.05) is 4.90 Å². The molecule has 1 aromatic carbocycles. The van der Waals surface area contributed by atoms with Crippen LogP contribution in [0.1, 0.15) is 38.3 Å². The topological polar surface area (TPSA) is 102 Å². The standard InChI is InChI=1S/C19H28N4O4/c1-3-4-9-20-19(27)21-16-7-5-15(6-8-16)17(18(25)26)23-12-10-22(11-13-23)14(2)24/h5-8,17H,3-4,9-13H2,1-2H3,(H,25,26)(H2,20,21,27)/t17-/m1/s1. The van der Waals surface area contributed by atoms with Crippen molar-refractivity contribution in [3.63, 3.8) is 0 Å². The third-order valence-corrected chi connectivity index (χ3v) is 4.66. The zero-order chi connectivity index (χ0) is 19.8. The van der Waals surface area contributed by atoms with E-state index in [9.17, 15) is 19.5 Å². The number of amides is 3. The average Bonchev–Trinajstić information content (AvgIpc) is 2.64. The summed E-state index contributed by atoms with van der Waals surface area (Å²) in [6.45, 7) is 6.26. The van der Waals surface area contributed by atoms with Gasteiger partial charge in [-0.2, -0.15) is 0 Å². The molecule has 3 amide bonds. The molecule has 0 saturated carbocycles. The second-order valence-electron chi connectivity index (χ2n) is 6.64. The third kappa shape index (κ3) is 5.96. The van der Waals surface area contributed by atoms with E-state index in [1.165, 1.54) is 6.92 Å². The van der Waals surface area contributed by atoms with Crippen LogP contribution in [0.25, 0.3) is 0 Å². The van der Waals surface area contributed by atoms with Gasteiger partial charge in [0, 0.05) is 45.3 Å². The Morgan fingerprint density at radius 2 is 1.74 bits per heavy atom. The minimum Gasteiger partial charge on any atom is -0.480 e. The Labute approximate surface area is 159 Å². The number of carbonyl (C=O) groups excluding carboxylic acids is 2. The summed E-state index contributed by atoms with van der Waals surface area (Å²) in [6.07, 6.45) is 1.93. The Morgan fingerprint density at radius 1 is 1.11 bits per heavy atom. The Morgan fingerprint density at radius 3 is 2.26 bits per heavy atom. The number of carboxylic acids is 1. The second kappa shape index (κ2) is 9.91. The maximum absolute atomic E-state index is 11.8. The molecule has 1 saturated heterocycles. The van der Waals surface area contributed by atoms with Crippen LogP contribution in [0.15, 0.2) is 24.3 Å². The van der Waals surface area contributed by atoms with Crippen LogP contribution in [-0.2, 0) is 9.59 Å². The molecule has 27 heavy (non-hydrogen) atoms. The van der Waals surface area contributed by atoms with Gasteiger partial charge in [-0.3, -0.25) is 14.5 Å². The number of anilines is 1. The first kappa shape index (κ1) is 20.7. The molecule has 1 aliphatic heterocycles. The highest BCUT2D eigenvalue weighted by Gasteiger charge is 2.30. The minimum atomic E-state index is -0.927. The van der Waals surface area contributed by atoms with E-state index >= 15 is 0 Å². The number of hydrogen-bond acceptors (Lipinski definition) is 4. The molecule has 1 atom stereocenters. The van der Waals surface area contributed by atoms with E-state index in [1.54, 1.807) is 29.2 Å². The number of carboxylic acid groups (broad SMARTS) is 1. The number of urea groups is 1. The third-order valence-electron chi connectivity index (χ3n) is 4.66. The molecule has 1 heterocycles. The summed E-state index contributed by atoms with van der Waals surface area (Å²) in [5.41, 5.74) is 1.26. The van der Waals surface area contributed by atoms with Crippen molar-refractivity contribution in [3.05, 3.63) is 29.8 Å². The van der Waals surface area contributed by atoms with Crippen LogP contribution in [0.2, 0.25) is 0 Å². The number of benzene rings is 1. The highest BCUT2D eigenvalue weighted by atomic mass is 16.4. The van der Waals surface area contributed by atoms with E-state index < -0.39 is 12.0 Å². The van der Waals surface area contributed by atoms with Crippen molar-refractivity contribution < 1.29 is 19.5 Å². The van der Waals surface area contributed by atoms with Gasteiger partial charge in [0.15, 0.2) is 0 Å². The van der Waals surface area contributed by atoms with E-state index in [2.05, 4.69) is 17.6 Å². The lowest BCUT2D eigenvalue weighted by molar-refractivity contribution is -0.145. The van der Waals surface area contributed by atoms with E-state index in [0.29, 0.717) is 44.0 Å². The first-order valence-corrected chi connectivity index (χ1v) is 9.29. The molecule has 0 radical (unpaired) electrons. The number of nitrogens with one attached hydrogen (secondary N) is 2. The first-order chi connectivity index (χ1) is 12.9. The predicted octanol–water partition coefficient (Wildman–Crippen LogP) is 1.90. The summed E-state index contributed by atoms with van der Waals surface area (Å²) in [4.78, 5) is 38.6. The van der Waals surface area contributed by atoms with E-state index in [-0.39, 0.29) is 11.9 Å². The fourth-order valence-electron chi connectivity index (χ4n) is 3.11. The van der Waals surface area contributed by atoms with Crippen molar-refractivity contribution in [1.29, 1.82) is 0 Å². The van der Waals surface area contributed by atoms with E-state index in [0.717, 1.165) is 12.8 Å². The number of aliphatic carboxylic acids is 1. The number of rotatable bonds is 7. The average molecular weight is 376 g/mol. The van der Waals surface area contributed by atoms with Crippen LogP contribution < -0.4 is 10.6 Å². The normalized spacial score (nSPS) is 15.9. The van der Waals surface area contributed by atoms with Gasteiger partial charge < -0.3 is 20.6 Å². The molecule has 3 N–H and O–H groups in total. The Balaban J connectivity index is 1.99. The molecule has 0 aromatic heterocycles. The lowest BCUT2D eigenvalue weighted by atomic mass is 10.0. The number of unbranched alkanes of at least 4 members (excludes halogenated alkanes) is 1. The highest BCUT2D eigenvalue weighted by molar-refractivity contribution is 5.89. The smallest absolute Gasteiger partial charge is 0.325 e. The van der Waals surface area contributed by atoms with Gasteiger partial charge in [0.25, 0.3) is 0 Å². The molecular weight excluding hydrogens is 348 g/mol. The second-order valence-corrected chi connectivity index (χ2v) is 6.64. The molecule has 0 bridgehead atoms.